The molecule has 238 valence electrons. The summed E-state index contributed by atoms with van der Waals surface area (Å²) in [5.41, 5.74) is 0.248. The Morgan fingerprint density at radius 1 is 1.16 bits per heavy atom. The Labute approximate surface area is 253 Å². The zero-order valence-electron chi connectivity index (χ0n) is 26.6. The fourth-order valence-electron chi connectivity index (χ4n) is 5.96. The lowest BCUT2D eigenvalue weighted by molar-refractivity contribution is -0.153. The summed E-state index contributed by atoms with van der Waals surface area (Å²) in [6.07, 6.45) is -0.397. The lowest BCUT2D eigenvalue weighted by Gasteiger charge is -2.48. The number of nitrogens with zero attached hydrogens (tertiary/aromatic N) is 3. The van der Waals surface area contributed by atoms with Gasteiger partial charge in [0.1, 0.15) is 11.9 Å². The molecule has 2 aliphatic heterocycles. The van der Waals surface area contributed by atoms with E-state index in [1.54, 1.807) is 58.6 Å². The summed E-state index contributed by atoms with van der Waals surface area (Å²) in [6.45, 7) is 14.6. The summed E-state index contributed by atoms with van der Waals surface area (Å²) in [5, 5.41) is 12.8. The van der Waals surface area contributed by atoms with Crippen molar-refractivity contribution in [3.63, 3.8) is 0 Å². The standard InChI is InChI=1S/C31H46N4O8/c1-9-25(36)32-13-15-33-23-17-21(19(5)16-24(23)43-31(7,8)29(33)39)28(38)35(18(3)4)22-12-11-14-34(30(40)41)27(22)20(6)42-26(37)10-2/h16-18,20,22,27H,9-15H2,1-8H3,(H,32,36)(H,40,41)/t20-,22-,27?/m1/s1. The van der Waals surface area contributed by atoms with Crippen LogP contribution in [0.25, 0.3) is 0 Å². The van der Waals surface area contributed by atoms with Crippen molar-refractivity contribution in [2.75, 3.05) is 24.5 Å². The number of benzene rings is 1. The Kier molecular flexibility index (Phi) is 10.7. The van der Waals surface area contributed by atoms with Crippen LogP contribution in [0.3, 0.4) is 0 Å². The second-order valence-corrected chi connectivity index (χ2v) is 11.9. The van der Waals surface area contributed by atoms with Gasteiger partial charge in [0.2, 0.25) is 5.91 Å². The largest absolute Gasteiger partial charge is 0.476 e. The highest BCUT2D eigenvalue weighted by molar-refractivity contribution is 6.05. The van der Waals surface area contributed by atoms with Gasteiger partial charge in [-0.15, -0.1) is 0 Å². The number of esters is 1. The highest BCUT2D eigenvalue weighted by atomic mass is 16.5. The van der Waals surface area contributed by atoms with E-state index in [1.807, 2.05) is 13.8 Å². The summed E-state index contributed by atoms with van der Waals surface area (Å²) in [6, 6.07) is 1.72. The topological polar surface area (TPSA) is 146 Å². The van der Waals surface area contributed by atoms with Crippen molar-refractivity contribution in [2.24, 2.45) is 0 Å². The molecule has 3 atom stereocenters. The molecule has 1 saturated heterocycles. The molecule has 43 heavy (non-hydrogen) atoms. The van der Waals surface area contributed by atoms with Crippen LogP contribution in [-0.4, -0.2) is 94.2 Å². The zero-order chi connectivity index (χ0) is 32.2. The average Bonchev–Trinajstić information content (AvgIpc) is 2.94. The van der Waals surface area contributed by atoms with Crippen molar-refractivity contribution in [1.82, 2.24) is 15.1 Å². The van der Waals surface area contributed by atoms with Crippen molar-refractivity contribution in [3.05, 3.63) is 23.3 Å². The van der Waals surface area contributed by atoms with Gasteiger partial charge in [-0.05, 0) is 72.1 Å². The van der Waals surface area contributed by atoms with E-state index in [4.69, 9.17) is 9.47 Å². The molecule has 0 radical (unpaired) electrons. The molecule has 1 unspecified atom stereocenters. The van der Waals surface area contributed by atoms with E-state index in [0.717, 1.165) is 0 Å². The van der Waals surface area contributed by atoms with Crippen LogP contribution in [0.1, 0.15) is 90.1 Å². The highest BCUT2D eigenvalue weighted by Gasteiger charge is 2.46. The number of rotatable bonds is 10. The molecule has 2 heterocycles. The van der Waals surface area contributed by atoms with Gasteiger partial charge in [0, 0.05) is 44.1 Å². The third-order valence-corrected chi connectivity index (χ3v) is 8.06. The third kappa shape index (κ3) is 7.22. The minimum Gasteiger partial charge on any atom is -0.476 e. The van der Waals surface area contributed by atoms with E-state index in [2.05, 4.69) is 5.32 Å². The van der Waals surface area contributed by atoms with Crippen LogP contribution in [0, 0.1) is 6.92 Å². The Morgan fingerprint density at radius 2 is 1.84 bits per heavy atom. The van der Waals surface area contributed by atoms with E-state index in [9.17, 15) is 29.1 Å². The van der Waals surface area contributed by atoms with Crippen LogP contribution in [-0.2, 0) is 19.1 Å². The second kappa shape index (κ2) is 13.6. The monoisotopic (exact) mass is 602 g/mol. The van der Waals surface area contributed by atoms with Crippen LogP contribution in [0.15, 0.2) is 12.1 Å². The molecule has 2 N–H and O–H groups in total. The van der Waals surface area contributed by atoms with Crippen LogP contribution < -0.4 is 15.0 Å². The third-order valence-electron chi connectivity index (χ3n) is 8.06. The minimum atomic E-state index is -1.15. The van der Waals surface area contributed by atoms with Crippen LogP contribution in [0.2, 0.25) is 0 Å². The summed E-state index contributed by atoms with van der Waals surface area (Å²) in [7, 11) is 0. The molecule has 0 aromatic heterocycles. The number of nitrogens with one attached hydrogen (secondary N) is 1. The Balaban J connectivity index is 2.06. The molecular weight excluding hydrogens is 556 g/mol. The molecule has 0 aliphatic carbocycles. The van der Waals surface area contributed by atoms with Gasteiger partial charge >= 0.3 is 12.1 Å². The molecule has 12 heteroatoms. The smallest absolute Gasteiger partial charge is 0.407 e. The number of ether oxygens (including phenoxy) is 2. The molecule has 1 aromatic rings. The number of amides is 4. The maximum atomic E-state index is 14.4. The van der Waals surface area contributed by atoms with Gasteiger partial charge in [-0.2, -0.15) is 0 Å². The normalized spacial score (nSPS) is 20.2. The lowest BCUT2D eigenvalue weighted by Crippen LogP contribution is -2.63. The predicted molar refractivity (Wildman–Crippen MR) is 160 cm³/mol. The average molecular weight is 603 g/mol. The molecule has 4 amide bonds. The SMILES string of the molecule is CCC(=O)NCCN1C(=O)C(C)(C)Oc2cc(C)c(C(=O)N(C(C)C)[C@@H]3CCCN(C(=O)O)C3[C@@H](C)OC(=O)CC)cc21. The van der Waals surface area contributed by atoms with Crippen molar-refractivity contribution in [1.29, 1.82) is 0 Å². The summed E-state index contributed by atoms with van der Waals surface area (Å²) < 4.78 is 11.7. The molecule has 0 saturated carbocycles. The minimum absolute atomic E-state index is 0.135. The molecular formula is C31H46N4O8. The van der Waals surface area contributed by atoms with E-state index >= 15 is 0 Å². The number of hydrogen-bond donors (Lipinski definition) is 2. The van der Waals surface area contributed by atoms with Crippen molar-refractivity contribution in [2.45, 2.75) is 111 Å². The van der Waals surface area contributed by atoms with Crippen LogP contribution in [0.4, 0.5) is 10.5 Å². The maximum Gasteiger partial charge on any atom is 0.407 e. The Morgan fingerprint density at radius 3 is 2.42 bits per heavy atom. The molecule has 3 rings (SSSR count). The summed E-state index contributed by atoms with van der Waals surface area (Å²) >= 11 is 0. The van der Waals surface area contributed by atoms with Crippen molar-refractivity contribution >= 4 is 35.5 Å². The Hall–Kier alpha value is -3.83. The fraction of sp³-hybridized carbons (Fsp3) is 0.645. The van der Waals surface area contributed by atoms with Gasteiger partial charge < -0.3 is 29.7 Å². The molecule has 0 bridgehead atoms. The highest BCUT2D eigenvalue weighted by Crippen LogP contribution is 2.40. The Bertz CT molecular complexity index is 1250. The zero-order valence-corrected chi connectivity index (χ0v) is 26.6. The van der Waals surface area contributed by atoms with Gasteiger partial charge in [0.15, 0.2) is 5.60 Å². The maximum absolute atomic E-state index is 14.4. The number of aryl methyl sites for hydroxylation is 1. The van der Waals surface area contributed by atoms with Gasteiger partial charge in [0.25, 0.3) is 11.8 Å². The van der Waals surface area contributed by atoms with Gasteiger partial charge in [0.05, 0.1) is 17.8 Å². The first-order valence-electron chi connectivity index (χ1n) is 15.1. The number of fused-ring (bicyclic) bond motifs is 1. The number of carboxylic acid groups (broad SMARTS) is 1. The van der Waals surface area contributed by atoms with Crippen LogP contribution >= 0.6 is 0 Å². The van der Waals surface area contributed by atoms with E-state index in [0.29, 0.717) is 41.8 Å². The first-order valence-corrected chi connectivity index (χ1v) is 15.1. The number of carbonyl (C=O) groups is 5. The molecule has 1 fully saturated rings. The second-order valence-electron chi connectivity index (χ2n) is 11.9. The molecule has 1 aromatic carbocycles. The number of anilines is 1. The molecule has 2 aliphatic rings. The number of piperidine rings is 1. The van der Waals surface area contributed by atoms with E-state index in [-0.39, 0.29) is 49.8 Å². The first kappa shape index (κ1) is 33.7. The molecule has 0 spiro atoms. The van der Waals surface area contributed by atoms with E-state index < -0.39 is 35.9 Å². The summed E-state index contributed by atoms with van der Waals surface area (Å²) in [4.78, 5) is 68.6. The van der Waals surface area contributed by atoms with Crippen molar-refractivity contribution in [3.8, 4) is 5.75 Å². The number of likely N-dealkylation sites (tertiary alicyclic amines) is 1. The fourth-order valence-corrected chi connectivity index (χ4v) is 5.96. The first-order chi connectivity index (χ1) is 20.1. The number of carbonyl (C=O) groups excluding carboxylic acids is 4. The van der Waals surface area contributed by atoms with Gasteiger partial charge in [-0.1, -0.05) is 13.8 Å². The van der Waals surface area contributed by atoms with Crippen molar-refractivity contribution < 1.29 is 38.6 Å². The van der Waals surface area contributed by atoms with E-state index in [1.165, 1.54) is 9.80 Å². The quantitative estimate of drug-likeness (QED) is 0.386. The molecule has 12 nitrogen and oxygen atoms in total. The predicted octanol–water partition coefficient (Wildman–Crippen LogP) is 3.73. The number of hydrogen-bond acceptors (Lipinski definition) is 7. The van der Waals surface area contributed by atoms with Crippen LogP contribution in [0.5, 0.6) is 5.75 Å². The lowest BCUT2D eigenvalue weighted by atomic mass is 9.89. The van der Waals surface area contributed by atoms with Gasteiger partial charge in [-0.25, -0.2) is 4.79 Å². The summed E-state index contributed by atoms with van der Waals surface area (Å²) in [5.74, 6) is -0.765. The van der Waals surface area contributed by atoms with Gasteiger partial charge in [-0.3, -0.25) is 24.1 Å².